The summed E-state index contributed by atoms with van der Waals surface area (Å²) in [5, 5.41) is 0. The quantitative estimate of drug-likeness (QED) is 0.804. The summed E-state index contributed by atoms with van der Waals surface area (Å²) in [6.45, 7) is 0. The van der Waals surface area contributed by atoms with Gasteiger partial charge in [-0.1, -0.05) is 18.2 Å². The van der Waals surface area contributed by atoms with Gasteiger partial charge in [0.2, 0.25) is 0 Å². The minimum atomic E-state index is -0.0173. The van der Waals surface area contributed by atoms with E-state index in [-0.39, 0.29) is 11.9 Å². The molecule has 0 saturated carbocycles. The Morgan fingerprint density at radius 1 is 1.24 bits per heavy atom. The number of hydrogen-bond donors (Lipinski definition) is 0. The Kier molecular flexibility index (Phi) is 2.57. The summed E-state index contributed by atoms with van der Waals surface area (Å²) in [5.74, 6) is 0.652. The van der Waals surface area contributed by atoms with Crippen LogP contribution in [0, 0.1) is 0 Å². The standard InChI is InChI=1S/C17H14N2O2/c1-21-13-6-7-15-14(9-13)17(20)19-12(10-18-15)8-11-4-2-3-5-16(11)19/h2-7,9-10,12H,8H2,1H3/t12-/m0/s1. The number of nitrogens with zero attached hydrogens (tertiary/aromatic N) is 2. The Balaban J connectivity index is 1.87. The number of methoxy groups -OCH3 is 1. The van der Waals surface area contributed by atoms with E-state index in [1.807, 2.05) is 41.4 Å². The smallest absolute Gasteiger partial charge is 0.261 e. The van der Waals surface area contributed by atoms with E-state index in [1.54, 1.807) is 13.2 Å². The molecular formula is C17H14N2O2. The van der Waals surface area contributed by atoms with Crippen molar-refractivity contribution in [2.75, 3.05) is 12.0 Å². The number of fused-ring (bicyclic) bond motifs is 4. The summed E-state index contributed by atoms with van der Waals surface area (Å²) < 4.78 is 5.23. The lowest BCUT2D eigenvalue weighted by molar-refractivity contribution is 0.0987. The molecule has 0 aromatic heterocycles. The first-order valence-corrected chi connectivity index (χ1v) is 6.91. The summed E-state index contributed by atoms with van der Waals surface area (Å²) in [6.07, 6.45) is 2.69. The third-order valence-electron chi connectivity index (χ3n) is 4.05. The Morgan fingerprint density at radius 2 is 2.10 bits per heavy atom. The number of rotatable bonds is 1. The zero-order valence-electron chi connectivity index (χ0n) is 11.6. The number of anilines is 1. The first-order chi connectivity index (χ1) is 10.3. The van der Waals surface area contributed by atoms with Crippen LogP contribution in [0.15, 0.2) is 47.5 Å². The van der Waals surface area contributed by atoms with Gasteiger partial charge < -0.3 is 4.74 Å². The zero-order valence-corrected chi connectivity index (χ0v) is 11.6. The molecule has 4 heteroatoms. The van der Waals surface area contributed by atoms with E-state index in [0.29, 0.717) is 17.0 Å². The minimum Gasteiger partial charge on any atom is -0.497 e. The number of carbonyl (C=O) groups excluding carboxylic acids is 1. The predicted octanol–water partition coefficient (Wildman–Crippen LogP) is 2.98. The van der Waals surface area contributed by atoms with Crippen LogP contribution in [0.1, 0.15) is 15.9 Å². The number of benzene rings is 2. The number of hydrogen-bond acceptors (Lipinski definition) is 3. The van der Waals surface area contributed by atoms with E-state index >= 15 is 0 Å². The third-order valence-corrected chi connectivity index (χ3v) is 4.05. The molecule has 0 fully saturated rings. The van der Waals surface area contributed by atoms with Gasteiger partial charge in [-0.15, -0.1) is 0 Å². The molecule has 2 aliphatic rings. The van der Waals surface area contributed by atoms with Crippen LogP contribution < -0.4 is 9.64 Å². The summed E-state index contributed by atoms with van der Waals surface area (Å²) in [5.41, 5.74) is 3.46. The maximum atomic E-state index is 12.9. The van der Waals surface area contributed by atoms with Crippen molar-refractivity contribution in [3.63, 3.8) is 0 Å². The van der Waals surface area contributed by atoms with Crippen molar-refractivity contribution in [2.24, 2.45) is 4.99 Å². The summed E-state index contributed by atoms with van der Waals surface area (Å²) in [6, 6.07) is 13.4. The molecule has 104 valence electrons. The van der Waals surface area contributed by atoms with E-state index in [2.05, 4.69) is 11.1 Å². The van der Waals surface area contributed by atoms with Crippen molar-refractivity contribution < 1.29 is 9.53 Å². The highest BCUT2D eigenvalue weighted by molar-refractivity contribution is 6.14. The third kappa shape index (κ3) is 1.76. The van der Waals surface area contributed by atoms with Gasteiger partial charge in [0.25, 0.3) is 5.91 Å². The van der Waals surface area contributed by atoms with Gasteiger partial charge in [0, 0.05) is 18.3 Å². The number of aliphatic imine (C=N–C) groups is 1. The van der Waals surface area contributed by atoms with Gasteiger partial charge >= 0.3 is 0 Å². The van der Waals surface area contributed by atoms with Crippen LogP contribution in [-0.2, 0) is 6.42 Å². The molecule has 1 atom stereocenters. The molecule has 2 aromatic carbocycles. The Hall–Kier alpha value is -2.62. The SMILES string of the molecule is COc1ccc2c(c1)C(=O)N1c3ccccc3C[C@H]1C=N2. The molecule has 21 heavy (non-hydrogen) atoms. The van der Waals surface area contributed by atoms with Crippen LogP contribution in [0.4, 0.5) is 11.4 Å². The first kappa shape index (κ1) is 12.1. The van der Waals surface area contributed by atoms with Gasteiger partial charge in [-0.2, -0.15) is 0 Å². The number of carbonyl (C=O) groups is 1. The molecular weight excluding hydrogens is 264 g/mol. The fourth-order valence-electron chi connectivity index (χ4n) is 3.02. The molecule has 0 radical (unpaired) electrons. The maximum Gasteiger partial charge on any atom is 0.261 e. The van der Waals surface area contributed by atoms with Crippen LogP contribution in [0.5, 0.6) is 5.75 Å². The van der Waals surface area contributed by atoms with E-state index in [1.165, 1.54) is 5.56 Å². The van der Waals surface area contributed by atoms with Crippen LogP contribution in [0.25, 0.3) is 0 Å². The number of ether oxygens (including phenoxy) is 1. The van der Waals surface area contributed by atoms with Crippen molar-refractivity contribution in [3.8, 4) is 5.75 Å². The molecule has 0 N–H and O–H groups in total. The second kappa shape index (κ2) is 4.45. The summed E-state index contributed by atoms with van der Waals surface area (Å²) in [7, 11) is 1.60. The van der Waals surface area contributed by atoms with Gasteiger partial charge in [0.1, 0.15) is 5.75 Å². The van der Waals surface area contributed by atoms with Crippen molar-refractivity contribution in [1.29, 1.82) is 0 Å². The fourth-order valence-corrected chi connectivity index (χ4v) is 3.02. The monoisotopic (exact) mass is 278 g/mol. The number of amides is 1. The zero-order chi connectivity index (χ0) is 14.4. The van der Waals surface area contributed by atoms with Crippen molar-refractivity contribution in [2.45, 2.75) is 12.5 Å². The van der Waals surface area contributed by atoms with Crippen LogP contribution >= 0.6 is 0 Å². The highest BCUT2D eigenvalue weighted by Crippen LogP contribution is 2.37. The molecule has 0 saturated heterocycles. The lowest BCUT2D eigenvalue weighted by Crippen LogP contribution is -2.37. The highest BCUT2D eigenvalue weighted by atomic mass is 16.5. The maximum absolute atomic E-state index is 12.9. The normalized spacial score (nSPS) is 18.8. The molecule has 0 aliphatic carbocycles. The van der Waals surface area contributed by atoms with E-state index < -0.39 is 0 Å². The van der Waals surface area contributed by atoms with E-state index in [4.69, 9.17) is 4.74 Å². The molecule has 2 aromatic rings. The average molecular weight is 278 g/mol. The Morgan fingerprint density at radius 3 is 2.95 bits per heavy atom. The summed E-state index contributed by atoms with van der Waals surface area (Å²) >= 11 is 0. The largest absolute Gasteiger partial charge is 0.497 e. The molecule has 4 rings (SSSR count). The molecule has 2 aliphatic heterocycles. The topological polar surface area (TPSA) is 41.9 Å². The Bertz CT molecular complexity index is 767. The van der Waals surface area contributed by atoms with Crippen molar-refractivity contribution >= 4 is 23.5 Å². The average Bonchev–Trinajstić information content (AvgIpc) is 2.84. The highest BCUT2D eigenvalue weighted by Gasteiger charge is 2.35. The van der Waals surface area contributed by atoms with Gasteiger partial charge in [0.05, 0.1) is 24.4 Å². The first-order valence-electron chi connectivity index (χ1n) is 6.91. The lowest BCUT2D eigenvalue weighted by atomic mass is 10.1. The van der Waals surface area contributed by atoms with Gasteiger partial charge in [-0.3, -0.25) is 14.7 Å². The van der Waals surface area contributed by atoms with Gasteiger partial charge in [-0.05, 0) is 29.8 Å². The van der Waals surface area contributed by atoms with Gasteiger partial charge in [-0.25, -0.2) is 0 Å². The van der Waals surface area contributed by atoms with Crippen LogP contribution in [0.2, 0.25) is 0 Å². The van der Waals surface area contributed by atoms with Crippen molar-refractivity contribution in [3.05, 3.63) is 53.6 Å². The molecule has 0 spiro atoms. The molecule has 4 nitrogen and oxygen atoms in total. The second-order valence-corrected chi connectivity index (χ2v) is 5.24. The second-order valence-electron chi connectivity index (χ2n) is 5.24. The van der Waals surface area contributed by atoms with E-state index in [0.717, 1.165) is 12.1 Å². The minimum absolute atomic E-state index is 0.00621. The van der Waals surface area contributed by atoms with Crippen LogP contribution in [-0.4, -0.2) is 25.3 Å². The molecule has 0 bridgehead atoms. The molecule has 1 amide bonds. The Labute approximate surface area is 122 Å². The van der Waals surface area contributed by atoms with E-state index in [9.17, 15) is 4.79 Å². The summed E-state index contributed by atoms with van der Waals surface area (Å²) in [4.78, 5) is 19.3. The predicted molar refractivity (Wildman–Crippen MR) is 81.9 cm³/mol. The van der Waals surface area contributed by atoms with Crippen molar-refractivity contribution in [1.82, 2.24) is 0 Å². The molecule has 0 unspecified atom stereocenters. The fraction of sp³-hybridized carbons (Fsp3) is 0.176. The number of para-hydroxylation sites is 1. The van der Waals surface area contributed by atoms with Crippen LogP contribution in [0.3, 0.4) is 0 Å². The lowest BCUT2D eigenvalue weighted by Gasteiger charge is -2.21. The molecule has 2 heterocycles. The van der Waals surface area contributed by atoms with Gasteiger partial charge in [0.15, 0.2) is 0 Å².